The maximum Gasteiger partial charge on any atom is 0.280 e. The monoisotopic (exact) mass is 409 g/mol. The van der Waals surface area contributed by atoms with Gasteiger partial charge in [-0.25, -0.2) is 4.68 Å². The highest BCUT2D eigenvalue weighted by Gasteiger charge is 2.19. The molecule has 0 amide bonds. The van der Waals surface area contributed by atoms with Crippen LogP contribution in [0.2, 0.25) is 0 Å². The number of aromatic nitrogens is 2. The lowest BCUT2D eigenvalue weighted by atomic mass is 10.0. The van der Waals surface area contributed by atoms with E-state index < -0.39 is 0 Å². The van der Waals surface area contributed by atoms with Crippen LogP contribution in [-0.2, 0) is 4.74 Å². The number of H-pyrrole nitrogens is 1. The molecule has 158 valence electrons. The Kier molecular flexibility index (Phi) is 7.08. The van der Waals surface area contributed by atoms with E-state index in [4.69, 9.17) is 14.2 Å². The van der Waals surface area contributed by atoms with E-state index >= 15 is 0 Å². The van der Waals surface area contributed by atoms with Gasteiger partial charge in [0.2, 0.25) is 0 Å². The second-order valence-corrected chi connectivity index (χ2v) is 6.74. The average molecular weight is 409 g/mol. The first-order valence-corrected chi connectivity index (χ1v) is 9.73. The van der Waals surface area contributed by atoms with Crippen LogP contribution in [0, 0.1) is 0 Å². The van der Waals surface area contributed by atoms with E-state index in [-0.39, 0.29) is 5.56 Å². The van der Waals surface area contributed by atoms with Crippen LogP contribution >= 0.6 is 0 Å². The number of aliphatic imine (C=N–C) groups is 1. The Bertz CT molecular complexity index is 1050. The fraction of sp³-hybridized carbons (Fsp3) is 0.304. The molecule has 1 N–H and O–H groups in total. The summed E-state index contributed by atoms with van der Waals surface area (Å²) >= 11 is 0. The third-order valence-corrected chi connectivity index (χ3v) is 4.82. The Balaban J connectivity index is 2.09. The Hall–Kier alpha value is -3.32. The number of hydrogen-bond acceptors (Lipinski definition) is 5. The molecule has 0 aliphatic heterocycles. The molecule has 0 saturated heterocycles. The van der Waals surface area contributed by atoms with Gasteiger partial charge in [-0.05, 0) is 61.9 Å². The number of hydrogen-bond donors (Lipinski definition) is 1. The second kappa shape index (κ2) is 9.93. The molecule has 0 spiro atoms. The van der Waals surface area contributed by atoms with Crippen molar-refractivity contribution in [3.63, 3.8) is 0 Å². The number of nitrogens with one attached hydrogen (secondary N) is 1. The Morgan fingerprint density at radius 3 is 2.13 bits per heavy atom. The average Bonchev–Trinajstić information content (AvgIpc) is 3.13. The molecule has 0 atom stereocenters. The lowest BCUT2D eigenvalue weighted by Crippen LogP contribution is -2.19. The van der Waals surface area contributed by atoms with Crippen LogP contribution in [0.25, 0.3) is 16.9 Å². The van der Waals surface area contributed by atoms with Gasteiger partial charge in [-0.2, -0.15) is 0 Å². The molecule has 30 heavy (non-hydrogen) atoms. The largest absolute Gasteiger partial charge is 0.497 e. The van der Waals surface area contributed by atoms with Crippen molar-refractivity contribution < 1.29 is 14.2 Å². The number of nitrogens with zero attached hydrogens (tertiary/aromatic N) is 2. The summed E-state index contributed by atoms with van der Waals surface area (Å²) in [4.78, 5) is 17.9. The number of ether oxygens (including phenoxy) is 3. The minimum absolute atomic E-state index is 0.154. The molecule has 0 fully saturated rings. The van der Waals surface area contributed by atoms with Gasteiger partial charge in [-0.15, -0.1) is 0 Å². The van der Waals surface area contributed by atoms with Crippen molar-refractivity contribution in [2.45, 2.75) is 13.3 Å². The van der Waals surface area contributed by atoms with Gasteiger partial charge in [0.1, 0.15) is 11.5 Å². The molecule has 0 radical (unpaired) electrons. The Morgan fingerprint density at radius 2 is 1.57 bits per heavy atom. The minimum atomic E-state index is -0.154. The summed E-state index contributed by atoms with van der Waals surface area (Å²) in [6.45, 7) is 3.09. The zero-order valence-electron chi connectivity index (χ0n) is 17.8. The van der Waals surface area contributed by atoms with Crippen molar-refractivity contribution in [1.82, 2.24) is 9.78 Å². The van der Waals surface area contributed by atoms with Crippen LogP contribution in [0.3, 0.4) is 0 Å². The highest BCUT2D eigenvalue weighted by Crippen LogP contribution is 2.24. The summed E-state index contributed by atoms with van der Waals surface area (Å²) in [5, 5.41) is 3.26. The molecule has 1 aromatic heterocycles. The number of methoxy groups -OCH3 is 3. The summed E-state index contributed by atoms with van der Waals surface area (Å²) < 4.78 is 17.1. The fourth-order valence-electron chi connectivity index (χ4n) is 3.19. The summed E-state index contributed by atoms with van der Waals surface area (Å²) in [6, 6.07) is 14.9. The molecule has 3 rings (SSSR count). The number of rotatable bonds is 9. The molecule has 0 aliphatic carbocycles. The molecule has 3 aromatic rings. The third-order valence-electron chi connectivity index (χ3n) is 4.82. The molecule has 2 aromatic carbocycles. The normalized spacial score (nSPS) is 11.5. The van der Waals surface area contributed by atoms with Gasteiger partial charge < -0.3 is 14.2 Å². The molecule has 7 nitrogen and oxygen atoms in total. The van der Waals surface area contributed by atoms with Gasteiger partial charge >= 0.3 is 0 Å². The van der Waals surface area contributed by atoms with Gasteiger partial charge in [0.05, 0.1) is 31.2 Å². The Labute approximate surface area is 175 Å². The van der Waals surface area contributed by atoms with E-state index in [0.717, 1.165) is 23.5 Å². The lowest BCUT2D eigenvalue weighted by molar-refractivity contribution is 0.197. The van der Waals surface area contributed by atoms with Crippen LogP contribution in [0.1, 0.15) is 18.9 Å². The van der Waals surface area contributed by atoms with Crippen molar-refractivity contribution in [2.24, 2.45) is 4.99 Å². The van der Waals surface area contributed by atoms with E-state index in [1.165, 1.54) is 4.68 Å². The van der Waals surface area contributed by atoms with Crippen molar-refractivity contribution in [3.8, 4) is 28.4 Å². The topological polar surface area (TPSA) is 77.8 Å². The van der Waals surface area contributed by atoms with Crippen molar-refractivity contribution in [2.75, 3.05) is 34.5 Å². The van der Waals surface area contributed by atoms with Crippen LogP contribution < -0.4 is 15.0 Å². The standard InChI is InChI=1S/C23H27N3O4/c1-16(24-14-5-15-28-2)21-22(17-6-10-19(29-3)11-7-17)25-26(23(21)27)18-8-12-20(30-4)13-9-18/h6-13,25H,5,14-15H2,1-4H3. The van der Waals surface area contributed by atoms with Gasteiger partial charge in [-0.3, -0.25) is 14.9 Å². The smallest absolute Gasteiger partial charge is 0.280 e. The third kappa shape index (κ3) is 4.63. The van der Waals surface area contributed by atoms with Gasteiger partial charge in [0, 0.05) is 31.5 Å². The maximum absolute atomic E-state index is 13.3. The summed E-state index contributed by atoms with van der Waals surface area (Å²) in [6.07, 6.45) is 0.794. The molecule has 0 bridgehead atoms. The van der Waals surface area contributed by atoms with Gasteiger partial charge in [0.15, 0.2) is 0 Å². The zero-order chi connectivity index (χ0) is 21.5. The first kappa shape index (κ1) is 21.4. The highest BCUT2D eigenvalue weighted by atomic mass is 16.5. The van der Waals surface area contributed by atoms with E-state index in [0.29, 0.717) is 35.8 Å². The van der Waals surface area contributed by atoms with Crippen LogP contribution in [-0.4, -0.2) is 50.0 Å². The SMILES string of the molecule is COCCCN=C(C)c1c(-c2ccc(OC)cc2)[nH]n(-c2ccc(OC)cc2)c1=O. The van der Waals surface area contributed by atoms with E-state index in [1.807, 2.05) is 55.5 Å². The predicted molar refractivity (Wildman–Crippen MR) is 119 cm³/mol. The molecular weight excluding hydrogens is 382 g/mol. The molecule has 7 heteroatoms. The van der Waals surface area contributed by atoms with Crippen molar-refractivity contribution in [1.29, 1.82) is 0 Å². The molecule has 0 saturated carbocycles. The first-order valence-electron chi connectivity index (χ1n) is 9.73. The minimum Gasteiger partial charge on any atom is -0.497 e. The molecule has 0 unspecified atom stereocenters. The molecule has 0 aliphatic rings. The lowest BCUT2D eigenvalue weighted by Gasteiger charge is -2.05. The maximum atomic E-state index is 13.3. The van der Waals surface area contributed by atoms with Crippen molar-refractivity contribution >= 4 is 5.71 Å². The van der Waals surface area contributed by atoms with E-state index in [2.05, 4.69) is 10.1 Å². The van der Waals surface area contributed by atoms with E-state index in [9.17, 15) is 4.79 Å². The summed E-state index contributed by atoms with van der Waals surface area (Å²) in [5.74, 6) is 1.48. The van der Waals surface area contributed by atoms with Crippen LogP contribution in [0.15, 0.2) is 58.3 Å². The summed E-state index contributed by atoms with van der Waals surface area (Å²) in [5.41, 5.74) is 3.39. The van der Waals surface area contributed by atoms with Gasteiger partial charge in [0.25, 0.3) is 5.56 Å². The van der Waals surface area contributed by atoms with E-state index in [1.54, 1.807) is 21.3 Å². The first-order chi connectivity index (χ1) is 14.6. The molecular formula is C23H27N3O4. The van der Waals surface area contributed by atoms with Crippen LogP contribution in [0.5, 0.6) is 11.5 Å². The highest BCUT2D eigenvalue weighted by molar-refractivity contribution is 6.03. The van der Waals surface area contributed by atoms with Crippen molar-refractivity contribution in [3.05, 3.63) is 64.4 Å². The zero-order valence-corrected chi connectivity index (χ0v) is 17.8. The number of benzene rings is 2. The molecule has 1 heterocycles. The van der Waals surface area contributed by atoms with Gasteiger partial charge in [-0.1, -0.05) is 0 Å². The predicted octanol–water partition coefficient (Wildman–Crippen LogP) is 3.70. The Morgan fingerprint density at radius 1 is 0.967 bits per heavy atom. The van der Waals surface area contributed by atoms with Crippen LogP contribution in [0.4, 0.5) is 0 Å². The second-order valence-electron chi connectivity index (χ2n) is 6.74. The fourth-order valence-corrected chi connectivity index (χ4v) is 3.19. The summed E-state index contributed by atoms with van der Waals surface area (Å²) in [7, 11) is 4.90. The number of aromatic amines is 1. The quantitative estimate of drug-likeness (QED) is 0.432.